The van der Waals surface area contributed by atoms with Crippen LogP contribution in [-0.2, 0) is 5.60 Å². The van der Waals surface area contributed by atoms with Crippen LogP contribution in [0.1, 0.15) is 25.0 Å². The molecule has 84 valence electrons. The lowest BCUT2D eigenvalue weighted by atomic mass is 9.93. The number of aryl methyl sites for hydroxylation is 1. The zero-order chi connectivity index (χ0) is 11.9. The highest BCUT2D eigenvalue weighted by molar-refractivity contribution is 9.10. The van der Waals surface area contributed by atoms with Gasteiger partial charge in [-0.2, -0.15) is 0 Å². The second-order valence-electron chi connectivity index (χ2n) is 4.49. The molecule has 2 aromatic rings. The molecule has 1 aromatic carbocycles. The van der Waals surface area contributed by atoms with Crippen molar-refractivity contribution < 1.29 is 5.11 Å². The lowest BCUT2D eigenvalue weighted by molar-refractivity contribution is 0.0801. The van der Waals surface area contributed by atoms with Gasteiger partial charge in [-0.25, -0.2) is 0 Å². The minimum absolute atomic E-state index is 0.864. The molecule has 1 aromatic heterocycles. The van der Waals surface area contributed by atoms with Gasteiger partial charge in [0.25, 0.3) is 0 Å². The minimum atomic E-state index is -0.864. The van der Waals surface area contributed by atoms with Crippen LogP contribution in [0.15, 0.2) is 28.9 Å². The van der Waals surface area contributed by atoms with Crippen molar-refractivity contribution in [3.05, 3.63) is 40.0 Å². The van der Waals surface area contributed by atoms with E-state index in [-0.39, 0.29) is 0 Å². The third-order valence-electron chi connectivity index (χ3n) is 2.74. The fraction of sp³-hybridized carbons (Fsp3) is 0.308. The molecule has 0 spiro atoms. The van der Waals surface area contributed by atoms with Gasteiger partial charge >= 0.3 is 0 Å². The Morgan fingerprint density at radius 2 is 2.06 bits per heavy atom. The van der Waals surface area contributed by atoms with Gasteiger partial charge in [-0.1, -0.05) is 22.0 Å². The summed E-state index contributed by atoms with van der Waals surface area (Å²) in [7, 11) is 0. The zero-order valence-corrected chi connectivity index (χ0v) is 11.2. The SMILES string of the molecule is Cc1c(Br)cc(C(C)(C)O)c2cccnc12. The van der Waals surface area contributed by atoms with Gasteiger partial charge in [-0.05, 0) is 44.0 Å². The summed E-state index contributed by atoms with van der Waals surface area (Å²) in [5.41, 5.74) is 2.07. The predicted molar refractivity (Wildman–Crippen MR) is 69.4 cm³/mol. The molecule has 3 heteroatoms. The van der Waals surface area contributed by atoms with Gasteiger partial charge in [0.1, 0.15) is 0 Å². The van der Waals surface area contributed by atoms with Gasteiger partial charge in [-0.15, -0.1) is 0 Å². The van der Waals surface area contributed by atoms with Crippen molar-refractivity contribution >= 4 is 26.8 Å². The number of aliphatic hydroxyl groups is 1. The van der Waals surface area contributed by atoms with E-state index in [0.717, 1.165) is 26.5 Å². The Morgan fingerprint density at radius 1 is 1.38 bits per heavy atom. The number of hydrogen-bond acceptors (Lipinski definition) is 2. The smallest absolute Gasteiger partial charge is 0.0847 e. The molecule has 0 radical (unpaired) electrons. The van der Waals surface area contributed by atoms with E-state index < -0.39 is 5.60 Å². The third-order valence-corrected chi connectivity index (χ3v) is 3.57. The summed E-state index contributed by atoms with van der Waals surface area (Å²) in [6.45, 7) is 5.60. The lowest BCUT2D eigenvalue weighted by Crippen LogP contribution is -2.16. The van der Waals surface area contributed by atoms with Crippen molar-refractivity contribution in [3.8, 4) is 0 Å². The van der Waals surface area contributed by atoms with Crippen LogP contribution in [0.5, 0.6) is 0 Å². The van der Waals surface area contributed by atoms with E-state index in [9.17, 15) is 5.11 Å². The maximum atomic E-state index is 10.2. The first kappa shape index (κ1) is 11.6. The van der Waals surface area contributed by atoms with Crippen LogP contribution in [0.25, 0.3) is 10.9 Å². The van der Waals surface area contributed by atoms with E-state index in [0.29, 0.717) is 0 Å². The van der Waals surface area contributed by atoms with Crippen molar-refractivity contribution in [2.24, 2.45) is 0 Å². The van der Waals surface area contributed by atoms with E-state index in [1.165, 1.54) is 0 Å². The van der Waals surface area contributed by atoms with E-state index in [1.807, 2.05) is 25.1 Å². The average molecular weight is 280 g/mol. The summed E-state index contributed by atoms with van der Waals surface area (Å²) in [6.07, 6.45) is 1.77. The normalized spacial score (nSPS) is 12.1. The molecule has 0 aliphatic rings. The molecule has 0 fully saturated rings. The topological polar surface area (TPSA) is 33.1 Å². The Kier molecular flexibility index (Phi) is 2.76. The molecule has 2 nitrogen and oxygen atoms in total. The van der Waals surface area contributed by atoms with Crippen LogP contribution in [0.2, 0.25) is 0 Å². The van der Waals surface area contributed by atoms with Crippen LogP contribution in [0.3, 0.4) is 0 Å². The highest BCUT2D eigenvalue weighted by Crippen LogP contribution is 2.33. The monoisotopic (exact) mass is 279 g/mol. The Morgan fingerprint density at radius 3 is 2.69 bits per heavy atom. The van der Waals surface area contributed by atoms with Crippen LogP contribution in [0.4, 0.5) is 0 Å². The fourth-order valence-corrected chi connectivity index (χ4v) is 2.27. The molecule has 0 atom stereocenters. The number of fused-ring (bicyclic) bond motifs is 1. The van der Waals surface area contributed by atoms with Crippen molar-refractivity contribution in [2.75, 3.05) is 0 Å². The van der Waals surface area contributed by atoms with Gasteiger partial charge in [0.15, 0.2) is 0 Å². The quantitative estimate of drug-likeness (QED) is 0.866. The Balaban J connectivity index is 2.91. The number of aromatic nitrogens is 1. The number of hydrogen-bond donors (Lipinski definition) is 1. The molecule has 16 heavy (non-hydrogen) atoms. The zero-order valence-electron chi connectivity index (χ0n) is 9.58. The van der Waals surface area contributed by atoms with Crippen LogP contribution >= 0.6 is 15.9 Å². The number of rotatable bonds is 1. The van der Waals surface area contributed by atoms with Crippen molar-refractivity contribution in [1.82, 2.24) is 4.98 Å². The molecule has 0 amide bonds. The summed E-state index contributed by atoms with van der Waals surface area (Å²) in [4.78, 5) is 4.37. The van der Waals surface area contributed by atoms with Gasteiger partial charge in [0, 0.05) is 16.1 Å². The molecular weight excluding hydrogens is 266 g/mol. The second kappa shape index (κ2) is 3.82. The van der Waals surface area contributed by atoms with E-state index in [2.05, 4.69) is 20.9 Å². The van der Waals surface area contributed by atoms with Crippen LogP contribution in [0, 0.1) is 6.92 Å². The molecule has 0 aliphatic heterocycles. The second-order valence-corrected chi connectivity index (χ2v) is 5.34. The Bertz CT molecular complexity index is 543. The highest BCUT2D eigenvalue weighted by Gasteiger charge is 2.21. The van der Waals surface area contributed by atoms with Gasteiger partial charge in [0.2, 0.25) is 0 Å². The Labute approximate surface area is 103 Å². The number of pyridine rings is 1. The molecule has 0 bridgehead atoms. The minimum Gasteiger partial charge on any atom is -0.386 e. The van der Waals surface area contributed by atoms with Gasteiger partial charge in [0.05, 0.1) is 11.1 Å². The van der Waals surface area contributed by atoms with Gasteiger partial charge < -0.3 is 5.11 Å². The summed E-state index contributed by atoms with van der Waals surface area (Å²) in [5.74, 6) is 0. The fourth-order valence-electron chi connectivity index (χ4n) is 1.85. The summed E-state index contributed by atoms with van der Waals surface area (Å²) in [5, 5.41) is 11.2. The molecule has 1 heterocycles. The maximum absolute atomic E-state index is 10.2. The molecule has 0 saturated heterocycles. The molecular formula is C13H14BrNO. The maximum Gasteiger partial charge on any atom is 0.0847 e. The largest absolute Gasteiger partial charge is 0.386 e. The van der Waals surface area contributed by atoms with E-state index in [1.54, 1.807) is 20.0 Å². The molecule has 2 rings (SSSR count). The first-order chi connectivity index (χ1) is 7.41. The van der Waals surface area contributed by atoms with Crippen LogP contribution < -0.4 is 0 Å². The lowest BCUT2D eigenvalue weighted by Gasteiger charge is -2.21. The number of nitrogens with zero attached hydrogens (tertiary/aromatic N) is 1. The highest BCUT2D eigenvalue weighted by atomic mass is 79.9. The third kappa shape index (κ3) is 1.85. The van der Waals surface area contributed by atoms with E-state index >= 15 is 0 Å². The average Bonchev–Trinajstić information content (AvgIpc) is 2.22. The standard InChI is InChI=1S/C13H14BrNO/c1-8-11(14)7-10(13(2,3)16)9-5-4-6-15-12(8)9/h4-7,16H,1-3H3. The summed E-state index contributed by atoms with van der Waals surface area (Å²) >= 11 is 3.51. The number of halogens is 1. The first-order valence-electron chi connectivity index (χ1n) is 5.18. The van der Waals surface area contributed by atoms with Crippen LogP contribution in [-0.4, -0.2) is 10.1 Å². The van der Waals surface area contributed by atoms with E-state index in [4.69, 9.17) is 0 Å². The van der Waals surface area contributed by atoms with Crippen molar-refractivity contribution in [1.29, 1.82) is 0 Å². The predicted octanol–water partition coefficient (Wildman–Crippen LogP) is 3.53. The van der Waals surface area contributed by atoms with Crippen molar-refractivity contribution in [3.63, 3.8) is 0 Å². The summed E-state index contributed by atoms with van der Waals surface area (Å²) in [6, 6.07) is 5.86. The summed E-state index contributed by atoms with van der Waals surface area (Å²) < 4.78 is 0.982. The molecule has 0 unspecified atom stereocenters. The van der Waals surface area contributed by atoms with Gasteiger partial charge in [-0.3, -0.25) is 4.98 Å². The number of benzene rings is 1. The van der Waals surface area contributed by atoms with Crippen molar-refractivity contribution in [2.45, 2.75) is 26.4 Å². The Hall–Kier alpha value is -0.930. The molecule has 0 saturated carbocycles. The molecule has 1 N–H and O–H groups in total. The first-order valence-corrected chi connectivity index (χ1v) is 5.97. The molecule has 0 aliphatic carbocycles.